The van der Waals surface area contributed by atoms with Crippen molar-refractivity contribution in [3.05, 3.63) is 0 Å². The predicted octanol–water partition coefficient (Wildman–Crippen LogP) is 1.91. The van der Waals surface area contributed by atoms with E-state index < -0.39 is 6.09 Å². The Bertz CT molecular complexity index is 217. The van der Waals surface area contributed by atoms with Crippen LogP contribution in [0.15, 0.2) is 0 Å². The third-order valence-corrected chi connectivity index (χ3v) is 2.86. The molecule has 0 aromatic heterocycles. The van der Waals surface area contributed by atoms with Crippen LogP contribution in [0.25, 0.3) is 0 Å². The molecule has 0 spiro atoms. The summed E-state index contributed by atoms with van der Waals surface area (Å²) in [5.74, 6) is 0. The molecule has 1 aliphatic rings. The summed E-state index contributed by atoms with van der Waals surface area (Å²) in [6, 6.07) is 0.328. The van der Waals surface area contributed by atoms with Gasteiger partial charge in [-0.3, -0.25) is 0 Å². The number of rotatable bonds is 2. The summed E-state index contributed by atoms with van der Waals surface area (Å²) in [7, 11) is 0. The Kier molecular flexibility index (Phi) is 3.97. The highest BCUT2D eigenvalue weighted by atomic mass is 16.4. The minimum absolute atomic E-state index is 0.315. The van der Waals surface area contributed by atoms with E-state index in [4.69, 9.17) is 5.11 Å². The predicted molar refractivity (Wildman–Crippen MR) is 60.1 cm³/mol. The van der Waals surface area contributed by atoms with Crippen LogP contribution in [0, 0.1) is 0 Å². The van der Waals surface area contributed by atoms with Crippen LogP contribution in [0.2, 0.25) is 0 Å². The Morgan fingerprint density at radius 3 is 2.53 bits per heavy atom. The smallest absolute Gasteiger partial charge is 0.407 e. The molecule has 0 aromatic rings. The topological polar surface area (TPSA) is 52.6 Å². The fourth-order valence-electron chi connectivity index (χ4n) is 1.94. The molecule has 15 heavy (non-hydrogen) atoms. The number of hydrogen-bond donors (Lipinski definition) is 2. The van der Waals surface area contributed by atoms with Crippen LogP contribution in [-0.2, 0) is 0 Å². The summed E-state index contributed by atoms with van der Waals surface area (Å²) < 4.78 is 0. The third-order valence-electron chi connectivity index (χ3n) is 2.86. The van der Waals surface area contributed by atoms with Gasteiger partial charge in [-0.2, -0.15) is 0 Å². The number of carboxylic acid groups (broad SMARTS) is 1. The molecule has 0 radical (unpaired) electrons. The quantitative estimate of drug-likeness (QED) is 0.738. The summed E-state index contributed by atoms with van der Waals surface area (Å²) in [4.78, 5) is 12.6. The van der Waals surface area contributed by atoms with E-state index >= 15 is 0 Å². The van der Waals surface area contributed by atoms with Gasteiger partial charge in [0.1, 0.15) is 0 Å². The van der Waals surface area contributed by atoms with Gasteiger partial charge in [-0.25, -0.2) is 4.79 Å². The van der Waals surface area contributed by atoms with Crippen molar-refractivity contribution in [1.29, 1.82) is 0 Å². The molecule has 4 heteroatoms. The van der Waals surface area contributed by atoms with Gasteiger partial charge in [-0.05, 0) is 40.2 Å². The largest absolute Gasteiger partial charge is 0.465 e. The van der Waals surface area contributed by atoms with E-state index in [1.165, 1.54) is 17.7 Å². The normalized spacial score (nSPS) is 22.5. The zero-order valence-electron chi connectivity index (χ0n) is 9.92. The molecule has 0 saturated carbocycles. The Hall–Kier alpha value is -0.770. The van der Waals surface area contributed by atoms with Crippen molar-refractivity contribution in [2.75, 3.05) is 13.1 Å². The van der Waals surface area contributed by atoms with Crippen molar-refractivity contribution < 1.29 is 9.90 Å². The van der Waals surface area contributed by atoms with Crippen molar-refractivity contribution in [2.45, 2.75) is 51.6 Å². The summed E-state index contributed by atoms with van der Waals surface area (Å²) in [6.07, 6.45) is 2.67. The van der Waals surface area contributed by atoms with Gasteiger partial charge in [0.05, 0.1) is 0 Å². The fourth-order valence-corrected chi connectivity index (χ4v) is 1.94. The van der Waals surface area contributed by atoms with Crippen LogP contribution < -0.4 is 5.32 Å². The lowest BCUT2D eigenvalue weighted by Crippen LogP contribution is -2.52. The van der Waals surface area contributed by atoms with E-state index in [1.807, 2.05) is 20.8 Å². The highest BCUT2D eigenvalue weighted by Gasteiger charge is 2.28. The van der Waals surface area contributed by atoms with Gasteiger partial charge in [-0.15, -0.1) is 0 Å². The maximum atomic E-state index is 11.1. The fraction of sp³-hybridized carbons (Fsp3) is 0.909. The summed E-state index contributed by atoms with van der Waals surface area (Å²) in [5.41, 5.74) is -0.315. The number of carbonyl (C=O) groups is 1. The van der Waals surface area contributed by atoms with Crippen LogP contribution in [-0.4, -0.2) is 40.8 Å². The number of amides is 1. The highest BCUT2D eigenvalue weighted by Crippen LogP contribution is 2.16. The molecule has 1 heterocycles. The Morgan fingerprint density at radius 1 is 1.47 bits per heavy atom. The van der Waals surface area contributed by atoms with Gasteiger partial charge in [0.2, 0.25) is 0 Å². The first-order chi connectivity index (χ1) is 6.91. The van der Waals surface area contributed by atoms with Gasteiger partial charge in [0.25, 0.3) is 0 Å². The van der Waals surface area contributed by atoms with E-state index in [1.54, 1.807) is 0 Å². The summed E-state index contributed by atoms with van der Waals surface area (Å²) in [6.45, 7) is 7.42. The molecule has 0 bridgehead atoms. The standard InChI is InChI=1S/C11H22N2O2/c1-11(2,3)13(10(14)15)8-9-6-4-5-7-12-9/h9,12H,4-8H2,1-3H3,(H,14,15)/t9-/m1/s1. The van der Waals surface area contributed by atoms with Gasteiger partial charge >= 0.3 is 6.09 Å². The van der Waals surface area contributed by atoms with Crippen LogP contribution in [0.5, 0.6) is 0 Å². The zero-order valence-corrected chi connectivity index (χ0v) is 9.92. The maximum absolute atomic E-state index is 11.1. The number of piperidine rings is 1. The van der Waals surface area contributed by atoms with Crippen molar-refractivity contribution >= 4 is 6.09 Å². The number of hydrogen-bond acceptors (Lipinski definition) is 2. The second-order valence-electron chi connectivity index (χ2n) is 5.21. The molecule has 1 amide bonds. The molecule has 4 nitrogen and oxygen atoms in total. The molecule has 0 aliphatic carbocycles. The molecule has 1 aliphatic heterocycles. The molecule has 1 saturated heterocycles. The third kappa shape index (κ3) is 3.70. The molecule has 0 aromatic carbocycles. The minimum Gasteiger partial charge on any atom is -0.465 e. The maximum Gasteiger partial charge on any atom is 0.407 e. The van der Waals surface area contributed by atoms with E-state index in [9.17, 15) is 4.79 Å². The zero-order chi connectivity index (χ0) is 11.5. The number of nitrogens with zero attached hydrogens (tertiary/aromatic N) is 1. The van der Waals surface area contributed by atoms with Crippen LogP contribution in [0.4, 0.5) is 4.79 Å². The second-order valence-corrected chi connectivity index (χ2v) is 5.21. The SMILES string of the molecule is CC(C)(C)N(C[C@H]1CCCCN1)C(=O)O. The lowest BCUT2D eigenvalue weighted by Gasteiger charge is -2.37. The van der Waals surface area contributed by atoms with E-state index in [0.717, 1.165) is 13.0 Å². The van der Waals surface area contributed by atoms with E-state index in [2.05, 4.69) is 5.32 Å². The molecular formula is C11H22N2O2. The van der Waals surface area contributed by atoms with Gasteiger partial charge in [0, 0.05) is 18.1 Å². The lowest BCUT2D eigenvalue weighted by atomic mass is 10.0. The van der Waals surface area contributed by atoms with Crippen LogP contribution in [0.3, 0.4) is 0 Å². The average Bonchev–Trinajstić information content (AvgIpc) is 2.13. The summed E-state index contributed by atoms with van der Waals surface area (Å²) >= 11 is 0. The van der Waals surface area contributed by atoms with Crippen molar-refractivity contribution in [3.63, 3.8) is 0 Å². The molecule has 1 rings (SSSR count). The highest BCUT2D eigenvalue weighted by molar-refractivity contribution is 5.66. The molecule has 0 unspecified atom stereocenters. The average molecular weight is 214 g/mol. The van der Waals surface area contributed by atoms with Gasteiger partial charge < -0.3 is 15.3 Å². The monoisotopic (exact) mass is 214 g/mol. The van der Waals surface area contributed by atoms with Gasteiger partial charge in [-0.1, -0.05) is 6.42 Å². The first-order valence-electron chi connectivity index (χ1n) is 5.65. The second kappa shape index (κ2) is 4.84. The van der Waals surface area contributed by atoms with Gasteiger partial charge in [0.15, 0.2) is 0 Å². The molecule has 1 atom stereocenters. The molecular weight excluding hydrogens is 192 g/mol. The minimum atomic E-state index is -0.824. The summed E-state index contributed by atoms with van der Waals surface area (Å²) in [5, 5.41) is 12.5. The first-order valence-corrected chi connectivity index (χ1v) is 5.65. The number of nitrogens with one attached hydrogen (secondary N) is 1. The molecule has 1 fully saturated rings. The Labute approximate surface area is 91.6 Å². The van der Waals surface area contributed by atoms with Crippen LogP contribution in [0.1, 0.15) is 40.0 Å². The van der Waals surface area contributed by atoms with Crippen LogP contribution >= 0.6 is 0 Å². The van der Waals surface area contributed by atoms with E-state index in [0.29, 0.717) is 12.6 Å². The first kappa shape index (κ1) is 12.3. The lowest BCUT2D eigenvalue weighted by molar-refractivity contribution is 0.0901. The van der Waals surface area contributed by atoms with E-state index in [-0.39, 0.29) is 5.54 Å². The van der Waals surface area contributed by atoms with Crippen molar-refractivity contribution in [3.8, 4) is 0 Å². The Balaban J connectivity index is 2.54. The molecule has 2 N–H and O–H groups in total. The Morgan fingerprint density at radius 2 is 2.13 bits per heavy atom. The van der Waals surface area contributed by atoms with Crippen molar-refractivity contribution in [1.82, 2.24) is 10.2 Å². The van der Waals surface area contributed by atoms with Crippen molar-refractivity contribution in [2.24, 2.45) is 0 Å². The molecule has 88 valence electrons.